The molecule has 0 spiro atoms. The summed E-state index contributed by atoms with van der Waals surface area (Å²) in [6.45, 7) is -1.52. The second-order valence-electron chi connectivity index (χ2n) is 9.21. The summed E-state index contributed by atoms with van der Waals surface area (Å²) in [4.78, 5) is 23.4. The number of benzene rings is 1. The zero-order valence-corrected chi connectivity index (χ0v) is 19.6. The molecule has 1 aromatic rings. The van der Waals surface area contributed by atoms with Gasteiger partial charge in [-0.05, 0) is 18.2 Å². The maximum atomic E-state index is 12.2. The third-order valence-corrected chi connectivity index (χ3v) is 6.68. The molecule has 11 atom stereocenters. The molecule has 16 heteroatoms. The van der Waals surface area contributed by atoms with Crippen LogP contribution in [0.15, 0.2) is 18.2 Å². The van der Waals surface area contributed by atoms with Crippen LogP contribution in [0.4, 0.5) is 5.69 Å². The topological polar surface area (TPSA) is 265 Å². The Balaban J connectivity index is 1.50. The van der Waals surface area contributed by atoms with Crippen molar-refractivity contribution in [2.24, 2.45) is 0 Å². The molecule has 1 aromatic carbocycles. The molecule has 3 heterocycles. The Kier molecular flexibility index (Phi) is 8.22. The molecule has 0 bridgehead atoms. The highest BCUT2D eigenvalue weighted by Crippen LogP contribution is 2.41. The third-order valence-electron chi connectivity index (χ3n) is 6.68. The Labute approximate surface area is 214 Å². The van der Waals surface area contributed by atoms with Crippen molar-refractivity contribution in [1.82, 2.24) is 0 Å². The molecule has 0 aromatic heterocycles. The number of carboxylic acid groups (broad SMARTS) is 1. The maximum absolute atomic E-state index is 12.2. The van der Waals surface area contributed by atoms with Crippen molar-refractivity contribution in [3.8, 4) is 5.75 Å². The zero-order valence-electron chi connectivity index (χ0n) is 19.6. The van der Waals surface area contributed by atoms with Gasteiger partial charge in [0.1, 0.15) is 54.6 Å². The van der Waals surface area contributed by atoms with Crippen LogP contribution in [-0.4, -0.2) is 132 Å². The van der Waals surface area contributed by atoms with Crippen molar-refractivity contribution < 1.29 is 74.5 Å². The van der Waals surface area contributed by atoms with Crippen molar-refractivity contribution in [2.45, 2.75) is 73.4 Å². The van der Waals surface area contributed by atoms with Gasteiger partial charge in [-0.15, -0.1) is 0 Å². The van der Waals surface area contributed by atoms with E-state index in [1.807, 2.05) is 0 Å². The number of ether oxygens (including phenoxy) is 4. The van der Waals surface area contributed by atoms with Crippen molar-refractivity contribution in [3.63, 3.8) is 0 Å². The van der Waals surface area contributed by atoms with Gasteiger partial charge < -0.3 is 70.2 Å². The van der Waals surface area contributed by atoms with E-state index < -0.39 is 98.5 Å². The van der Waals surface area contributed by atoms with Gasteiger partial charge in [0.25, 0.3) is 5.91 Å². The van der Waals surface area contributed by atoms with Gasteiger partial charge in [0.05, 0.1) is 19.6 Å². The second kappa shape index (κ2) is 10.9. The van der Waals surface area contributed by atoms with Gasteiger partial charge >= 0.3 is 5.97 Å². The highest BCUT2D eigenvalue weighted by molar-refractivity contribution is 6.06. The summed E-state index contributed by atoms with van der Waals surface area (Å²) in [6.07, 6.45) is -17.4. The molecule has 4 rings (SSSR count). The minimum atomic E-state index is -2.38. The first-order chi connectivity index (χ1) is 17.9. The lowest BCUT2D eigenvalue weighted by molar-refractivity contribution is -0.352. The number of hydrogen-bond donors (Lipinski definition) is 10. The Morgan fingerprint density at radius 3 is 2.18 bits per heavy atom. The first kappa shape index (κ1) is 28.5. The Morgan fingerprint density at radius 1 is 0.921 bits per heavy atom. The number of fused-ring (bicyclic) bond motifs is 1. The molecule has 0 radical (unpaired) electrons. The summed E-state index contributed by atoms with van der Waals surface area (Å²) >= 11 is 0. The van der Waals surface area contributed by atoms with Crippen LogP contribution >= 0.6 is 0 Å². The summed E-state index contributed by atoms with van der Waals surface area (Å²) in [5, 5.41) is 92.7. The summed E-state index contributed by atoms with van der Waals surface area (Å²) in [6, 6.07) is 3.80. The highest BCUT2D eigenvalue weighted by Gasteiger charge is 2.51. The number of carboxylic acids is 1. The first-order valence-electron chi connectivity index (χ1n) is 11.6. The Bertz CT molecular complexity index is 1040. The standard InChI is InChI=1S/C22H29NO15/c24-5-10-13(28)14(29)16(31)20(36-10)38-18-11(6-25)37-19(17(32)15(18)30)35-7-1-2-9-8(3-7)22(34,4-12(26)27)21(33)23-9/h1-3,10-11,13-20,24-25,28-32,34H,4-6H2,(H,23,33)(H,26,27). The normalized spacial score (nSPS) is 40.9. The molecule has 38 heavy (non-hydrogen) atoms. The van der Waals surface area contributed by atoms with E-state index in [-0.39, 0.29) is 17.0 Å². The molecule has 11 unspecified atom stereocenters. The highest BCUT2D eigenvalue weighted by atomic mass is 16.7. The van der Waals surface area contributed by atoms with Gasteiger partial charge in [-0.2, -0.15) is 0 Å². The third kappa shape index (κ3) is 5.08. The molecule has 10 N–H and O–H groups in total. The lowest BCUT2D eigenvalue weighted by atomic mass is 9.92. The van der Waals surface area contributed by atoms with Crippen LogP contribution in [0.5, 0.6) is 5.75 Å². The molecule has 0 saturated carbocycles. The number of rotatable bonds is 8. The van der Waals surface area contributed by atoms with Crippen molar-refractivity contribution >= 4 is 17.6 Å². The average molecular weight is 547 g/mol. The van der Waals surface area contributed by atoms with Crippen molar-refractivity contribution in [3.05, 3.63) is 23.8 Å². The van der Waals surface area contributed by atoms with Crippen LogP contribution < -0.4 is 10.1 Å². The van der Waals surface area contributed by atoms with Crippen LogP contribution in [-0.2, 0) is 29.4 Å². The van der Waals surface area contributed by atoms with Gasteiger partial charge in [-0.3, -0.25) is 9.59 Å². The fourth-order valence-electron chi connectivity index (χ4n) is 4.58. The Hall–Kier alpha value is -2.48. The summed E-state index contributed by atoms with van der Waals surface area (Å²) in [5.74, 6) is -2.48. The maximum Gasteiger partial charge on any atom is 0.307 e. The minimum Gasteiger partial charge on any atom is -0.481 e. The van der Waals surface area contributed by atoms with E-state index in [4.69, 9.17) is 24.1 Å². The number of nitrogens with one attached hydrogen (secondary N) is 1. The number of aliphatic hydroxyl groups is 8. The minimum absolute atomic E-state index is 0.0923. The number of anilines is 1. The van der Waals surface area contributed by atoms with E-state index in [9.17, 15) is 50.4 Å². The molecule has 0 aliphatic carbocycles. The number of amides is 1. The molecule has 2 saturated heterocycles. The molecular formula is C22H29NO15. The lowest BCUT2D eigenvalue weighted by Gasteiger charge is -2.45. The van der Waals surface area contributed by atoms with E-state index in [1.165, 1.54) is 12.1 Å². The quantitative estimate of drug-likeness (QED) is 0.146. The van der Waals surface area contributed by atoms with E-state index in [2.05, 4.69) is 5.32 Å². The molecular weight excluding hydrogens is 518 g/mol. The number of hydrogen-bond acceptors (Lipinski definition) is 14. The predicted molar refractivity (Wildman–Crippen MR) is 118 cm³/mol. The van der Waals surface area contributed by atoms with E-state index >= 15 is 0 Å². The van der Waals surface area contributed by atoms with Gasteiger partial charge in [-0.25, -0.2) is 0 Å². The predicted octanol–water partition coefficient (Wildman–Crippen LogP) is -4.70. The summed E-state index contributed by atoms with van der Waals surface area (Å²) in [5.41, 5.74) is -2.35. The van der Waals surface area contributed by atoms with Gasteiger partial charge in [-0.1, -0.05) is 0 Å². The number of aliphatic hydroxyl groups excluding tert-OH is 7. The smallest absolute Gasteiger partial charge is 0.307 e. The van der Waals surface area contributed by atoms with E-state index in [1.54, 1.807) is 0 Å². The number of carbonyl (C=O) groups is 2. The van der Waals surface area contributed by atoms with Gasteiger partial charge in [0.2, 0.25) is 6.29 Å². The summed E-state index contributed by atoms with van der Waals surface area (Å²) < 4.78 is 21.8. The van der Waals surface area contributed by atoms with Crippen LogP contribution in [0.25, 0.3) is 0 Å². The number of aliphatic carboxylic acids is 1. The molecule has 16 nitrogen and oxygen atoms in total. The van der Waals surface area contributed by atoms with Gasteiger partial charge in [0.15, 0.2) is 11.9 Å². The fraction of sp³-hybridized carbons (Fsp3) is 0.636. The monoisotopic (exact) mass is 547 g/mol. The SMILES string of the molecule is O=C(O)CC1(O)C(=O)Nc2ccc(OC3OC(CO)C(OC4OC(CO)C(O)C(O)C4O)C(O)C3O)cc21. The molecule has 3 aliphatic heterocycles. The average Bonchev–Trinajstić information content (AvgIpc) is 3.11. The fourth-order valence-corrected chi connectivity index (χ4v) is 4.58. The van der Waals surface area contributed by atoms with Crippen LogP contribution in [0, 0.1) is 0 Å². The number of carbonyl (C=O) groups excluding carboxylic acids is 1. The summed E-state index contributed by atoms with van der Waals surface area (Å²) in [7, 11) is 0. The first-order valence-corrected chi connectivity index (χ1v) is 11.6. The zero-order chi connectivity index (χ0) is 27.9. The largest absolute Gasteiger partial charge is 0.481 e. The Morgan fingerprint density at radius 2 is 1.55 bits per heavy atom. The van der Waals surface area contributed by atoms with Gasteiger partial charge in [0, 0.05) is 11.3 Å². The molecule has 2 fully saturated rings. The van der Waals surface area contributed by atoms with Crippen LogP contribution in [0.1, 0.15) is 12.0 Å². The lowest BCUT2D eigenvalue weighted by Crippen LogP contribution is -2.65. The van der Waals surface area contributed by atoms with Crippen LogP contribution in [0.3, 0.4) is 0 Å². The second-order valence-corrected chi connectivity index (χ2v) is 9.21. The van der Waals surface area contributed by atoms with E-state index in [0.29, 0.717) is 0 Å². The molecule has 1 amide bonds. The van der Waals surface area contributed by atoms with E-state index in [0.717, 1.165) is 6.07 Å². The molecule has 3 aliphatic rings. The van der Waals surface area contributed by atoms with Crippen molar-refractivity contribution in [2.75, 3.05) is 18.5 Å². The van der Waals surface area contributed by atoms with Crippen LogP contribution in [0.2, 0.25) is 0 Å². The molecule has 212 valence electrons. The van der Waals surface area contributed by atoms with Crippen molar-refractivity contribution in [1.29, 1.82) is 0 Å².